The minimum atomic E-state index is 0.194. The molecule has 0 fully saturated rings. The van der Waals surface area contributed by atoms with Gasteiger partial charge in [-0.05, 0) is 34.1 Å². The van der Waals surface area contributed by atoms with Gasteiger partial charge in [0.1, 0.15) is 0 Å². The van der Waals surface area contributed by atoms with Crippen molar-refractivity contribution in [2.24, 2.45) is 0 Å². The molecular weight excluding hydrogens is 134 g/mol. The molecule has 0 aromatic heterocycles. The first kappa shape index (κ1) is 10.7. The highest BCUT2D eigenvalue weighted by Crippen LogP contribution is 2.08. The van der Waals surface area contributed by atoms with E-state index in [-0.39, 0.29) is 5.54 Å². The molecule has 0 radical (unpaired) electrons. The molecule has 1 atom stereocenters. The molecule has 11 heavy (non-hydrogen) atoms. The maximum absolute atomic E-state index is 3.95. The van der Waals surface area contributed by atoms with Crippen molar-refractivity contribution in [3.05, 3.63) is 12.2 Å². The second-order valence-corrected chi connectivity index (χ2v) is 4.20. The lowest BCUT2D eigenvalue weighted by molar-refractivity contribution is 0.377. The molecule has 1 N–H and O–H groups in total. The van der Waals surface area contributed by atoms with Crippen LogP contribution in [0.25, 0.3) is 0 Å². The number of nitrogens with one attached hydrogen (secondary N) is 1. The third-order valence-corrected chi connectivity index (χ3v) is 1.61. The lowest BCUT2D eigenvalue weighted by Gasteiger charge is -2.28. The number of hydrogen-bond donors (Lipinski definition) is 1. The van der Waals surface area contributed by atoms with Crippen molar-refractivity contribution < 1.29 is 0 Å². The van der Waals surface area contributed by atoms with Crippen LogP contribution < -0.4 is 5.32 Å². The average molecular weight is 155 g/mol. The Bertz CT molecular complexity index is 130. The number of hydrogen-bond acceptors (Lipinski definition) is 1. The summed E-state index contributed by atoms with van der Waals surface area (Å²) in [7, 11) is 0. The summed E-state index contributed by atoms with van der Waals surface area (Å²) in [6.07, 6.45) is 1.12. The minimum absolute atomic E-state index is 0.194. The van der Waals surface area contributed by atoms with Crippen molar-refractivity contribution >= 4 is 0 Å². The van der Waals surface area contributed by atoms with E-state index in [1.54, 1.807) is 0 Å². The summed E-state index contributed by atoms with van der Waals surface area (Å²) in [6.45, 7) is 14.7. The van der Waals surface area contributed by atoms with Gasteiger partial charge in [-0.15, -0.1) is 0 Å². The van der Waals surface area contributed by atoms with Crippen molar-refractivity contribution in [2.75, 3.05) is 0 Å². The van der Waals surface area contributed by atoms with Gasteiger partial charge < -0.3 is 5.32 Å². The van der Waals surface area contributed by atoms with Crippen molar-refractivity contribution in [2.45, 2.75) is 52.6 Å². The zero-order valence-corrected chi connectivity index (χ0v) is 8.49. The molecule has 0 spiro atoms. The van der Waals surface area contributed by atoms with Crippen LogP contribution in [0.1, 0.15) is 41.0 Å². The zero-order chi connectivity index (χ0) is 9.07. The second kappa shape index (κ2) is 3.91. The van der Waals surface area contributed by atoms with Crippen LogP contribution in [0.4, 0.5) is 0 Å². The molecule has 0 saturated carbocycles. The fourth-order valence-corrected chi connectivity index (χ4v) is 1.10. The Balaban J connectivity index is 3.99. The predicted molar refractivity (Wildman–Crippen MR) is 51.8 cm³/mol. The quantitative estimate of drug-likeness (QED) is 0.618. The van der Waals surface area contributed by atoms with Crippen LogP contribution in [0.2, 0.25) is 0 Å². The first-order valence-corrected chi connectivity index (χ1v) is 4.30. The highest BCUT2D eigenvalue weighted by molar-refractivity contribution is 5.02. The Morgan fingerprint density at radius 3 is 2.00 bits per heavy atom. The van der Waals surface area contributed by atoms with E-state index in [4.69, 9.17) is 0 Å². The van der Waals surface area contributed by atoms with E-state index >= 15 is 0 Å². The molecule has 0 saturated heterocycles. The SMILES string of the molecule is C=C(C)C(CC)NC(C)(C)C. The maximum Gasteiger partial charge on any atom is 0.0276 e. The van der Waals surface area contributed by atoms with E-state index in [9.17, 15) is 0 Å². The summed E-state index contributed by atoms with van der Waals surface area (Å²) in [5.74, 6) is 0. The molecule has 0 aliphatic rings. The van der Waals surface area contributed by atoms with E-state index in [0.717, 1.165) is 6.42 Å². The summed E-state index contributed by atoms with van der Waals surface area (Å²) in [5, 5.41) is 3.51. The van der Waals surface area contributed by atoms with Gasteiger partial charge in [0.2, 0.25) is 0 Å². The van der Waals surface area contributed by atoms with E-state index in [2.05, 4.69) is 46.5 Å². The van der Waals surface area contributed by atoms with Crippen molar-refractivity contribution in [1.82, 2.24) is 5.32 Å². The standard InChI is InChI=1S/C10H21N/c1-7-9(8(2)3)11-10(4,5)6/h9,11H,2,7H2,1,3-6H3. The highest BCUT2D eigenvalue weighted by Gasteiger charge is 2.15. The Labute approximate surface area is 70.9 Å². The van der Waals surface area contributed by atoms with Crippen LogP contribution >= 0.6 is 0 Å². The minimum Gasteiger partial charge on any atom is -0.306 e. The zero-order valence-electron chi connectivity index (χ0n) is 8.49. The Morgan fingerprint density at radius 2 is 1.91 bits per heavy atom. The lowest BCUT2D eigenvalue weighted by Crippen LogP contribution is -2.43. The van der Waals surface area contributed by atoms with Gasteiger partial charge in [-0.1, -0.05) is 19.1 Å². The fourth-order valence-electron chi connectivity index (χ4n) is 1.10. The molecule has 66 valence electrons. The van der Waals surface area contributed by atoms with E-state index in [1.807, 2.05) is 0 Å². The molecule has 0 bridgehead atoms. The van der Waals surface area contributed by atoms with Gasteiger partial charge in [0.05, 0.1) is 0 Å². The molecule has 0 amide bonds. The van der Waals surface area contributed by atoms with Gasteiger partial charge in [-0.3, -0.25) is 0 Å². The molecule has 0 heterocycles. The van der Waals surface area contributed by atoms with Gasteiger partial charge >= 0.3 is 0 Å². The third-order valence-electron chi connectivity index (χ3n) is 1.61. The van der Waals surface area contributed by atoms with Crippen LogP contribution in [0, 0.1) is 0 Å². The van der Waals surface area contributed by atoms with Crippen LogP contribution in [0.15, 0.2) is 12.2 Å². The van der Waals surface area contributed by atoms with Gasteiger partial charge in [-0.2, -0.15) is 0 Å². The van der Waals surface area contributed by atoms with Gasteiger partial charge in [0, 0.05) is 11.6 Å². The van der Waals surface area contributed by atoms with E-state index in [0.29, 0.717) is 6.04 Å². The molecule has 0 aromatic rings. The summed E-state index contributed by atoms with van der Waals surface area (Å²) in [5.41, 5.74) is 1.42. The molecule has 1 nitrogen and oxygen atoms in total. The largest absolute Gasteiger partial charge is 0.306 e. The summed E-state index contributed by atoms with van der Waals surface area (Å²) in [4.78, 5) is 0. The molecule has 0 aliphatic heterocycles. The van der Waals surface area contributed by atoms with Gasteiger partial charge in [-0.25, -0.2) is 0 Å². The summed E-state index contributed by atoms with van der Waals surface area (Å²) >= 11 is 0. The van der Waals surface area contributed by atoms with Crippen LogP contribution in [0.3, 0.4) is 0 Å². The molecule has 0 aliphatic carbocycles. The second-order valence-electron chi connectivity index (χ2n) is 4.20. The monoisotopic (exact) mass is 155 g/mol. The third kappa shape index (κ3) is 5.02. The molecular formula is C10H21N. The average Bonchev–Trinajstić information content (AvgIpc) is 1.80. The molecule has 1 unspecified atom stereocenters. The molecule has 0 rings (SSSR count). The van der Waals surface area contributed by atoms with Crippen LogP contribution in [-0.4, -0.2) is 11.6 Å². The topological polar surface area (TPSA) is 12.0 Å². The smallest absolute Gasteiger partial charge is 0.0276 e. The Morgan fingerprint density at radius 1 is 1.45 bits per heavy atom. The first-order chi connectivity index (χ1) is 4.87. The Kier molecular flexibility index (Phi) is 3.81. The van der Waals surface area contributed by atoms with E-state index in [1.165, 1.54) is 5.57 Å². The van der Waals surface area contributed by atoms with Gasteiger partial charge in [0.15, 0.2) is 0 Å². The van der Waals surface area contributed by atoms with Gasteiger partial charge in [0.25, 0.3) is 0 Å². The first-order valence-electron chi connectivity index (χ1n) is 4.30. The Hall–Kier alpha value is -0.300. The maximum atomic E-state index is 3.95. The van der Waals surface area contributed by atoms with E-state index < -0.39 is 0 Å². The summed E-state index contributed by atoms with van der Waals surface area (Å²) in [6, 6.07) is 0.468. The van der Waals surface area contributed by atoms with Crippen molar-refractivity contribution in [3.8, 4) is 0 Å². The fraction of sp³-hybridized carbons (Fsp3) is 0.800. The van der Waals surface area contributed by atoms with Crippen molar-refractivity contribution in [1.29, 1.82) is 0 Å². The van der Waals surface area contributed by atoms with Crippen LogP contribution in [0.5, 0.6) is 0 Å². The lowest BCUT2D eigenvalue weighted by atomic mass is 10.0. The highest BCUT2D eigenvalue weighted by atomic mass is 15.0. The summed E-state index contributed by atoms with van der Waals surface area (Å²) < 4.78 is 0. The molecule has 1 heteroatoms. The number of rotatable bonds is 3. The van der Waals surface area contributed by atoms with Crippen molar-refractivity contribution in [3.63, 3.8) is 0 Å². The molecule has 0 aromatic carbocycles. The van der Waals surface area contributed by atoms with Crippen LogP contribution in [-0.2, 0) is 0 Å². The predicted octanol–water partition coefficient (Wildman–Crippen LogP) is 2.73. The normalized spacial score (nSPS) is 14.6.